The smallest absolute Gasteiger partial charge is 0.146 e. The van der Waals surface area contributed by atoms with Crippen molar-refractivity contribution in [2.45, 2.75) is 86.1 Å². The molecule has 4 N–H and O–H groups in total. The molecule has 0 spiro atoms. The van der Waals surface area contributed by atoms with Gasteiger partial charge in [0.2, 0.25) is 0 Å². The molecule has 5 heteroatoms. The molecule has 28 heavy (non-hydrogen) atoms. The highest BCUT2D eigenvalue weighted by molar-refractivity contribution is 5.75. The maximum Gasteiger partial charge on any atom is 0.146 e. The highest BCUT2D eigenvalue weighted by Gasteiger charge is 2.31. The van der Waals surface area contributed by atoms with Gasteiger partial charge in [0.15, 0.2) is 0 Å². The summed E-state index contributed by atoms with van der Waals surface area (Å²) >= 11 is 0. The standard InChI is InChI=1S/C23H50N4.Al.2H/c1-7-9-23(6,17-20(3)16-22(4,5)8-2)18-21-19-26-13-12-24-10-11-25-14-15-27-21;;;/h20-21,24-27H,7-19H2,1-6H3;;;. The summed E-state index contributed by atoms with van der Waals surface area (Å²) in [6.07, 6.45) is 7.86. The van der Waals surface area contributed by atoms with Crippen molar-refractivity contribution < 1.29 is 0 Å². The molecule has 1 saturated heterocycles. The topological polar surface area (TPSA) is 48.1 Å². The van der Waals surface area contributed by atoms with Gasteiger partial charge in [0, 0.05) is 51.9 Å². The third-order valence-electron chi connectivity index (χ3n) is 6.37. The van der Waals surface area contributed by atoms with Crippen molar-refractivity contribution in [2.75, 3.05) is 45.8 Å². The zero-order valence-electron chi connectivity index (χ0n) is 20.3. The molecular weight excluding hydrogens is 359 g/mol. The second-order valence-corrected chi connectivity index (χ2v) is 10.2. The van der Waals surface area contributed by atoms with Crippen LogP contribution in [0.3, 0.4) is 0 Å². The van der Waals surface area contributed by atoms with E-state index in [1.165, 1.54) is 38.5 Å². The highest BCUT2D eigenvalue weighted by atomic mass is 27.0. The second kappa shape index (κ2) is 15.2. The fourth-order valence-corrected chi connectivity index (χ4v) is 4.95. The molecule has 0 saturated carbocycles. The number of rotatable bonds is 9. The van der Waals surface area contributed by atoms with Gasteiger partial charge in [-0.05, 0) is 42.4 Å². The normalized spacial score (nSPS) is 23.6. The lowest BCUT2D eigenvalue weighted by atomic mass is 9.70. The molecule has 1 fully saturated rings. The molecule has 0 aromatic carbocycles. The third kappa shape index (κ3) is 12.8. The Bertz CT molecular complexity index is 366. The van der Waals surface area contributed by atoms with Crippen molar-refractivity contribution in [3.8, 4) is 0 Å². The van der Waals surface area contributed by atoms with Crippen LogP contribution in [0.4, 0.5) is 0 Å². The minimum atomic E-state index is 0. The van der Waals surface area contributed by atoms with E-state index in [0.29, 0.717) is 16.9 Å². The molecule has 4 nitrogen and oxygen atoms in total. The number of hydrogen-bond acceptors (Lipinski definition) is 4. The van der Waals surface area contributed by atoms with Crippen LogP contribution >= 0.6 is 0 Å². The van der Waals surface area contributed by atoms with Crippen LogP contribution in [0, 0.1) is 16.7 Å². The summed E-state index contributed by atoms with van der Waals surface area (Å²) in [5.74, 6) is 0.793. The van der Waals surface area contributed by atoms with E-state index in [-0.39, 0.29) is 17.4 Å². The molecule has 0 aliphatic carbocycles. The van der Waals surface area contributed by atoms with Gasteiger partial charge in [-0.1, -0.05) is 54.4 Å². The van der Waals surface area contributed by atoms with Crippen molar-refractivity contribution in [3.05, 3.63) is 0 Å². The Hall–Kier alpha value is 0.372. The van der Waals surface area contributed by atoms with E-state index in [0.717, 1.165) is 51.7 Å². The summed E-state index contributed by atoms with van der Waals surface area (Å²) < 4.78 is 0. The monoisotopic (exact) mass is 411 g/mol. The van der Waals surface area contributed by atoms with Crippen LogP contribution < -0.4 is 21.3 Å². The minimum absolute atomic E-state index is 0. The lowest BCUT2D eigenvalue weighted by Gasteiger charge is -2.38. The first kappa shape index (κ1) is 28.4. The summed E-state index contributed by atoms with van der Waals surface area (Å²) in [5.41, 5.74) is 0.901. The number of hydrogen-bond donors (Lipinski definition) is 4. The van der Waals surface area contributed by atoms with Crippen LogP contribution in [-0.2, 0) is 0 Å². The Balaban J connectivity index is 0.00000729. The van der Waals surface area contributed by atoms with E-state index in [4.69, 9.17) is 0 Å². The second-order valence-electron chi connectivity index (χ2n) is 10.2. The molecule has 0 amide bonds. The van der Waals surface area contributed by atoms with E-state index in [9.17, 15) is 0 Å². The Morgan fingerprint density at radius 3 is 2.00 bits per heavy atom. The van der Waals surface area contributed by atoms with Gasteiger partial charge in [0.25, 0.3) is 0 Å². The Labute approximate surface area is 187 Å². The molecule has 3 atom stereocenters. The summed E-state index contributed by atoms with van der Waals surface area (Å²) in [6, 6.07) is 0.564. The average molecular weight is 412 g/mol. The Kier molecular flexibility index (Phi) is 15.4. The van der Waals surface area contributed by atoms with Crippen LogP contribution in [0.25, 0.3) is 0 Å². The lowest BCUT2D eigenvalue weighted by Crippen LogP contribution is -2.47. The van der Waals surface area contributed by atoms with Gasteiger partial charge >= 0.3 is 0 Å². The SMILES string of the molecule is CCCC(C)(CC(C)CC(C)(C)CC)CC1CNCCNCCNCCN1.[AlH2]. The summed E-state index contributed by atoms with van der Waals surface area (Å²) in [7, 11) is 0. The quantitative estimate of drug-likeness (QED) is 0.441. The molecule has 167 valence electrons. The van der Waals surface area contributed by atoms with Crippen LogP contribution in [0.5, 0.6) is 0 Å². The Morgan fingerprint density at radius 2 is 1.43 bits per heavy atom. The molecule has 0 aromatic heterocycles. The van der Waals surface area contributed by atoms with Gasteiger partial charge in [0.05, 0.1) is 0 Å². The van der Waals surface area contributed by atoms with Gasteiger partial charge in [0.1, 0.15) is 17.4 Å². The summed E-state index contributed by atoms with van der Waals surface area (Å²) in [5, 5.41) is 14.5. The van der Waals surface area contributed by atoms with E-state index >= 15 is 0 Å². The molecule has 1 heterocycles. The zero-order valence-corrected chi connectivity index (χ0v) is 22.3. The molecule has 1 aliphatic rings. The van der Waals surface area contributed by atoms with Gasteiger partial charge in [-0.2, -0.15) is 0 Å². The molecular formula is C23H52AlN4. The van der Waals surface area contributed by atoms with E-state index in [1.54, 1.807) is 0 Å². The van der Waals surface area contributed by atoms with E-state index < -0.39 is 0 Å². The largest absolute Gasteiger partial charge is 0.314 e. The maximum absolute atomic E-state index is 3.84. The molecule has 0 aromatic rings. The summed E-state index contributed by atoms with van der Waals surface area (Å²) in [4.78, 5) is 0. The van der Waals surface area contributed by atoms with Crippen molar-refractivity contribution in [2.24, 2.45) is 16.7 Å². The van der Waals surface area contributed by atoms with Crippen molar-refractivity contribution in [1.29, 1.82) is 0 Å². The number of nitrogens with one attached hydrogen (secondary N) is 4. The zero-order chi connectivity index (χ0) is 20.2. The molecule has 1 radical (unpaired) electrons. The van der Waals surface area contributed by atoms with E-state index in [1.807, 2.05) is 0 Å². The van der Waals surface area contributed by atoms with Gasteiger partial charge in [-0.3, -0.25) is 0 Å². The first-order valence-electron chi connectivity index (χ1n) is 11.7. The van der Waals surface area contributed by atoms with Crippen LogP contribution in [0.2, 0.25) is 0 Å². The Morgan fingerprint density at radius 1 is 0.857 bits per heavy atom. The third-order valence-corrected chi connectivity index (χ3v) is 6.37. The molecule has 1 rings (SSSR count). The highest BCUT2D eigenvalue weighted by Crippen LogP contribution is 2.40. The van der Waals surface area contributed by atoms with Crippen LogP contribution in [0.1, 0.15) is 80.1 Å². The van der Waals surface area contributed by atoms with Crippen LogP contribution in [0.15, 0.2) is 0 Å². The first-order chi connectivity index (χ1) is 12.8. The fourth-order valence-electron chi connectivity index (χ4n) is 4.95. The first-order valence-corrected chi connectivity index (χ1v) is 11.7. The van der Waals surface area contributed by atoms with Crippen LogP contribution in [-0.4, -0.2) is 69.2 Å². The van der Waals surface area contributed by atoms with Gasteiger partial charge in [-0.15, -0.1) is 0 Å². The van der Waals surface area contributed by atoms with Crippen molar-refractivity contribution in [3.63, 3.8) is 0 Å². The molecule has 3 unspecified atom stereocenters. The molecule has 1 aliphatic heterocycles. The lowest BCUT2D eigenvalue weighted by molar-refractivity contribution is 0.151. The minimum Gasteiger partial charge on any atom is -0.314 e. The fraction of sp³-hybridized carbons (Fsp3) is 1.00. The average Bonchev–Trinajstić information content (AvgIpc) is 2.56. The molecule has 0 bridgehead atoms. The van der Waals surface area contributed by atoms with Gasteiger partial charge in [-0.25, -0.2) is 0 Å². The predicted octanol–water partition coefficient (Wildman–Crippen LogP) is 2.86. The van der Waals surface area contributed by atoms with Crippen molar-refractivity contribution >= 4 is 17.4 Å². The summed E-state index contributed by atoms with van der Waals surface area (Å²) in [6.45, 7) is 22.0. The predicted molar refractivity (Wildman–Crippen MR) is 129 cm³/mol. The van der Waals surface area contributed by atoms with Gasteiger partial charge < -0.3 is 21.3 Å². The maximum atomic E-state index is 3.84. The van der Waals surface area contributed by atoms with E-state index in [2.05, 4.69) is 62.8 Å². The van der Waals surface area contributed by atoms with Crippen molar-refractivity contribution in [1.82, 2.24) is 21.3 Å².